The van der Waals surface area contributed by atoms with E-state index in [1.807, 2.05) is 0 Å². The topological polar surface area (TPSA) is 182 Å². The number of hydrogen-bond acceptors (Lipinski definition) is 9. The SMILES string of the molecule is NC(N)=NOCCCOc1ccc(C[C@H](NS(=O)(=O)c2cccc3ccccc23)C(=O)OOC(=O)C(F)(F)F)cc1. The van der Waals surface area contributed by atoms with Gasteiger partial charge in [0.15, 0.2) is 0 Å². The first kappa shape index (κ1) is 31.0. The minimum absolute atomic E-state index is 0.187. The van der Waals surface area contributed by atoms with Crippen molar-refractivity contribution < 1.29 is 50.5 Å². The number of benzene rings is 3. The molecule has 0 heterocycles. The summed E-state index contributed by atoms with van der Waals surface area (Å²) in [5.74, 6) is -4.16. The fourth-order valence-electron chi connectivity index (χ4n) is 3.43. The van der Waals surface area contributed by atoms with Crippen molar-refractivity contribution >= 4 is 38.7 Å². The molecular weight excluding hydrogens is 573 g/mol. The molecule has 0 aliphatic heterocycles. The van der Waals surface area contributed by atoms with Gasteiger partial charge in [0.05, 0.1) is 11.5 Å². The second kappa shape index (κ2) is 13.7. The van der Waals surface area contributed by atoms with Crippen molar-refractivity contribution in [1.82, 2.24) is 4.72 Å². The quantitative estimate of drug-likeness (QED) is 0.0920. The van der Waals surface area contributed by atoms with Gasteiger partial charge in [-0.2, -0.15) is 17.9 Å². The smallest absolute Gasteiger partial charge is 0.493 e. The second-order valence-corrected chi connectivity index (χ2v) is 10.0. The Labute approximate surface area is 231 Å². The number of guanidine groups is 1. The van der Waals surface area contributed by atoms with E-state index < -0.39 is 34.2 Å². The van der Waals surface area contributed by atoms with Crippen molar-refractivity contribution in [2.24, 2.45) is 16.6 Å². The van der Waals surface area contributed by atoms with Crippen LogP contribution in [0.5, 0.6) is 5.75 Å². The minimum Gasteiger partial charge on any atom is -0.493 e. The van der Waals surface area contributed by atoms with Crippen LogP contribution < -0.4 is 20.9 Å². The van der Waals surface area contributed by atoms with Crippen molar-refractivity contribution in [3.8, 4) is 5.75 Å². The van der Waals surface area contributed by atoms with Gasteiger partial charge in [0.2, 0.25) is 16.0 Å². The molecule has 0 saturated carbocycles. The number of carbonyl (C=O) groups is 2. The molecule has 12 nitrogen and oxygen atoms in total. The summed E-state index contributed by atoms with van der Waals surface area (Å²) in [6.07, 6.45) is -5.37. The summed E-state index contributed by atoms with van der Waals surface area (Å²) < 4.78 is 71.7. The lowest BCUT2D eigenvalue weighted by Gasteiger charge is -2.18. The largest absolute Gasteiger partial charge is 0.495 e. The van der Waals surface area contributed by atoms with Crippen LogP contribution in [0.2, 0.25) is 0 Å². The maximum Gasteiger partial charge on any atom is 0.495 e. The van der Waals surface area contributed by atoms with Crippen molar-refractivity contribution in [3.63, 3.8) is 0 Å². The number of nitrogens with zero attached hydrogens (tertiary/aromatic N) is 1. The molecule has 5 N–H and O–H groups in total. The van der Waals surface area contributed by atoms with Gasteiger partial charge in [-0.05, 0) is 40.7 Å². The second-order valence-electron chi connectivity index (χ2n) is 8.32. The molecule has 0 aliphatic rings. The number of sulfonamides is 1. The molecular formula is C25H25F3N4O8S. The summed E-state index contributed by atoms with van der Waals surface area (Å²) in [6, 6.07) is 15.3. The van der Waals surface area contributed by atoms with E-state index in [0.717, 1.165) is 0 Å². The molecule has 220 valence electrons. The molecule has 3 aromatic rings. The van der Waals surface area contributed by atoms with E-state index in [0.29, 0.717) is 28.5 Å². The fraction of sp³-hybridized carbons (Fsp3) is 0.240. The molecule has 0 aliphatic carbocycles. The predicted molar refractivity (Wildman–Crippen MR) is 138 cm³/mol. The minimum atomic E-state index is -5.44. The number of oxime groups is 1. The zero-order chi connectivity index (χ0) is 30.0. The van der Waals surface area contributed by atoms with E-state index in [1.54, 1.807) is 30.3 Å². The average Bonchev–Trinajstić information content (AvgIpc) is 2.92. The monoisotopic (exact) mass is 598 g/mol. The molecule has 41 heavy (non-hydrogen) atoms. The van der Waals surface area contributed by atoms with Gasteiger partial charge >= 0.3 is 18.1 Å². The van der Waals surface area contributed by atoms with Gasteiger partial charge < -0.3 is 21.0 Å². The third-order valence-electron chi connectivity index (χ3n) is 5.23. The van der Waals surface area contributed by atoms with E-state index in [9.17, 15) is 31.2 Å². The first-order valence-corrected chi connectivity index (χ1v) is 13.3. The number of carbonyl (C=O) groups excluding carboxylic acids is 2. The summed E-state index contributed by atoms with van der Waals surface area (Å²) in [6.45, 7) is 0.430. The number of halogens is 3. The van der Waals surface area contributed by atoms with Crippen molar-refractivity contribution in [3.05, 3.63) is 72.3 Å². The molecule has 0 fully saturated rings. The highest BCUT2D eigenvalue weighted by Gasteiger charge is 2.43. The highest BCUT2D eigenvalue weighted by atomic mass is 32.2. The zero-order valence-electron chi connectivity index (χ0n) is 21.2. The Morgan fingerprint density at radius 1 is 0.927 bits per heavy atom. The maximum absolute atomic E-state index is 13.3. The standard InChI is InChI=1S/C25H25F3N4O8S/c26-25(27,28)23(34)40-39-22(33)20(32-41(35,36)21-8-3-6-17-5-1-2-7-19(17)21)15-16-9-11-18(12-10-16)37-13-4-14-38-31-24(29)30/h1-3,5-12,20,32H,4,13-15H2,(H4,29,30,31)/t20-/m0/s1. The van der Waals surface area contributed by atoms with Crippen LogP contribution in [0.4, 0.5) is 13.2 Å². The number of rotatable bonds is 12. The summed E-state index contributed by atoms with van der Waals surface area (Å²) in [5, 5.41) is 4.29. The molecule has 0 amide bonds. The third kappa shape index (κ3) is 9.25. The molecule has 3 rings (SSSR count). The molecule has 3 aromatic carbocycles. The molecule has 16 heteroatoms. The number of nitrogens with two attached hydrogens (primary N) is 2. The Hall–Kier alpha value is -4.57. The van der Waals surface area contributed by atoms with Gasteiger partial charge in [0.1, 0.15) is 18.4 Å². The molecule has 0 unspecified atom stereocenters. The molecule has 0 radical (unpaired) electrons. The van der Waals surface area contributed by atoms with E-state index in [1.165, 1.54) is 36.4 Å². The first-order chi connectivity index (χ1) is 19.4. The number of hydrogen-bond donors (Lipinski definition) is 3. The molecule has 0 bridgehead atoms. The van der Waals surface area contributed by atoms with Crippen molar-refractivity contribution in [2.75, 3.05) is 13.2 Å². The van der Waals surface area contributed by atoms with Crippen LogP contribution in [0.15, 0.2) is 76.8 Å². The molecule has 0 spiro atoms. The van der Waals surface area contributed by atoms with Crippen LogP contribution in [-0.2, 0) is 40.6 Å². The van der Waals surface area contributed by atoms with Crippen LogP contribution >= 0.6 is 0 Å². The van der Waals surface area contributed by atoms with Gasteiger partial charge in [-0.25, -0.2) is 27.8 Å². The van der Waals surface area contributed by atoms with Gasteiger partial charge in [-0.3, -0.25) is 0 Å². The van der Waals surface area contributed by atoms with E-state index in [2.05, 4.69) is 19.7 Å². The predicted octanol–water partition coefficient (Wildman–Crippen LogP) is 2.27. The Balaban J connectivity index is 1.75. The number of fused-ring (bicyclic) bond motifs is 1. The Bertz CT molecular complexity index is 1490. The number of nitrogens with one attached hydrogen (secondary N) is 1. The highest BCUT2D eigenvalue weighted by molar-refractivity contribution is 7.89. The van der Waals surface area contributed by atoms with Crippen LogP contribution in [0.1, 0.15) is 12.0 Å². The lowest BCUT2D eigenvalue weighted by molar-refractivity contribution is -0.286. The van der Waals surface area contributed by atoms with Gasteiger partial charge in [0, 0.05) is 11.8 Å². The van der Waals surface area contributed by atoms with Crippen LogP contribution in [-0.4, -0.2) is 51.7 Å². The Kier molecular flexibility index (Phi) is 10.3. The van der Waals surface area contributed by atoms with Crippen LogP contribution in [0.25, 0.3) is 10.8 Å². The van der Waals surface area contributed by atoms with Gasteiger partial charge in [-0.1, -0.05) is 48.5 Å². The van der Waals surface area contributed by atoms with E-state index in [-0.39, 0.29) is 30.5 Å². The van der Waals surface area contributed by atoms with Gasteiger partial charge in [0.25, 0.3) is 0 Å². The number of alkyl halides is 3. The maximum atomic E-state index is 13.3. The van der Waals surface area contributed by atoms with Crippen LogP contribution in [0.3, 0.4) is 0 Å². The summed E-state index contributed by atoms with van der Waals surface area (Å²) in [4.78, 5) is 35.9. The third-order valence-corrected chi connectivity index (χ3v) is 6.76. The summed E-state index contributed by atoms with van der Waals surface area (Å²) in [7, 11) is -4.43. The molecule has 0 saturated heterocycles. The molecule has 1 atom stereocenters. The number of ether oxygens (including phenoxy) is 1. The average molecular weight is 599 g/mol. The zero-order valence-corrected chi connectivity index (χ0v) is 22.0. The first-order valence-electron chi connectivity index (χ1n) is 11.8. The fourth-order valence-corrected chi connectivity index (χ4v) is 4.84. The molecule has 0 aromatic heterocycles. The van der Waals surface area contributed by atoms with Crippen LogP contribution in [0, 0.1) is 0 Å². The lowest BCUT2D eigenvalue weighted by Crippen LogP contribution is -2.44. The van der Waals surface area contributed by atoms with Crippen molar-refractivity contribution in [1.29, 1.82) is 0 Å². The van der Waals surface area contributed by atoms with E-state index >= 15 is 0 Å². The lowest BCUT2D eigenvalue weighted by atomic mass is 10.1. The van der Waals surface area contributed by atoms with Gasteiger partial charge in [-0.15, -0.1) is 0 Å². The summed E-state index contributed by atoms with van der Waals surface area (Å²) >= 11 is 0. The highest BCUT2D eigenvalue weighted by Crippen LogP contribution is 2.24. The Morgan fingerprint density at radius 3 is 2.29 bits per heavy atom. The van der Waals surface area contributed by atoms with Crippen molar-refractivity contribution in [2.45, 2.75) is 30.0 Å². The normalized spacial score (nSPS) is 12.3. The Morgan fingerprint density at radius 2 is 1.61 bits per heavy atom. The van der Waals surface area contributed by atoms with E-state index in [4.69, 9.17) is 21.0 Å². The summed E-state index contributed by atoms with van der Waals surface area (Å²) in [5.41, 5.74) is 10.6.